The Hall–Kier alpha value is -8.26. The van der Waals surface area contributed by atoms with E-state index in [2.05, 4.69) is 149 Å². The van der Waals surface area contributed by atoms with Crippen molar-refractivity contribution < 1.29 is 0 Å². The first-order valence-corrected chi connectivity index (χ1v) is 21.9. The maximum Gasteiger partial charge on any atom is 0.238 e. The molecule has 0 radical (unpaired) electrons. The Morgan fingerprint density at radius 1 is 0.365 bits per heavy atom. The van der Waals surface area contributed by atoms with Gasteiger partial charge in [-0.1, -0.05) is 146 Å². The third-order valence-corrected chi connectivity index (χ3v) is 13.5. The number of para-hydroxylation sites is 2. The molecule has 0 fully saturated rings. The van der Waals surface area contributed by atoms with E-state index in [9.17, 15) is 0 Å². The van der Waals surface area contributed by atoms with E-state index in [0.717, 1.165) is 60.8 Å². The summed E-state index contributed by atoms with van der Waals surface area (Å²) in [5.74, 6) is 1.84. The molecule has 0 unspecified atom stereocenters. The summed E-state index contributed by atoms with van der Waals surface area (Å²) < 4.78 is 7.06. The lowest BCUT2D eigenvalue weighted by Crippen LogP contribution is -2.06. The van der Waals surface area contributed by atoms with Crippen molar-refractivity contribution in [3.05, 3.63) is 206 Å². The van der Waals surface area contributed by atoms with Crippen molar-refractivity contribution in [3.8, 4) is 56.7 Å². The Kier molecular flexibility index (Phi) is 7.98. The fourth-order valence-corrected chi connectivity index (χ4v) is 10.5. The molecule has 294 valence electrons. The van der Waals surface area contributed by atoms with E-state index >= 15 is 0 Å². The normalized spacial score (nSPS) is 11.8. The smallest absolute Gasteiger partial charge is 0.238 e. The van der Waals surface area contributed by atoms with E-state index in [1.807, 2.05) is 78.2 Å². The molecule has 0 aliphatic carbocycles. The van der Waals surface area contributed by atoms with Crippen LogP contribution in [0, 0.1) is 0 Å². The van der Waals surface area contributed by atoms with Crippen LogP contribution in [0.25, 0.3) is 121 Å². The monoisotopic (exact) mass is 822 g/mol. The van der Waals surface area contributed by atoms with E-state index in [-0.39, 0.29) is 0 Å². The predicted octanol–water partition coefficient (Wildman–Crippen LogP) is 14.5. The Balaban J connectivity index is 0.947. The second kappa shape index (κ2) is 14.2. The highest BCUT2D eigenvalue weighted by molar-refractivity contribution is 7.26. The molecule has 0 aliphatic heterocycles. The summed E-state index contributed by atoms with van der Waals surface area (Å²) in [6.45, 7) is 0. The van der Waals surface area contributed by atoms with Gasteiger partial charge in [-0.05, 0) is 71.3 Å². The Labute approximate surface area is 365 Å². The van der Waals surface area contributed by atoms with E-state index in [1.165, 1.54) is 42.2 Å². The van der Waals surface area contributed by atoms with Crippen LogP contribution < -0.4 is 0 Å². The summed E-state index contributed by atoms with van der Waals surface area (Å²) in [6, 6.07) is 70.8. The van der Waals surface area contributed by atoms with Gasteiger partial charge in [-0.2, -0.15) is 9.97 Å². The van der Waals surface area contributed by atoms with Gasteiger partial charge in [0.1, 0.15) is 0 Å². The molecule has 0 saturated heterocycles. The number of hydrogen-bond donors (Lipinski definition) is 0. The molecule has 0 bridgehead atoms. The van der Waals surface area contributed by atoms with Gasteiger partial charge in [-0.15, -0.1) is 11.3 Å². The van der Waals surface area contributed by atoms with Crippen molar-refractivity contribution in [2.45, 2.75) is 0 Å². The van der Waals surface area contributed by atoms with Crippen molar-refractivity contribution in [2.75, 3.05) is 0 Å². The second-order valence-corrected chi connectivity index (χ2v) is 16.9. The number of benzene rings is 8. The zero-order chi connectivity index (χ0) is 41.4. The van der Waals surface area contributed by atoms with Crippen LogP contribution in [-0.2, 0) is 0 Å². The lowest BCUT2D eigenvalue weighted by atomic mass is 10.0. The zero-order valence-corrected chi connectivity index (χ0v) is 34.5. The second-order valence-electron chi connectivity index (χ2n) is 15.9. The minimum absolute atomic E-state index is 0.579. The summed E-state index contributed by atoms with van der Waals surface area (Å²) in [4.78, 5) is 20.0. The van der Waals surface area contributed by atoms with E-state index in [4.69, 9.17) is 19.9 Å². The fraction of sp³-hybridized carbons (Fsp3) is 0. The molecule has 0 amide bonds. The molecular formula is C56H34N6S. The fourth-order valence-electron chi connectivity index (χ4n) is 9.32. The molecule has 8 aromatic carbocycles. The molecule has 7 heteroatoms. The van der Waals surface area contributed by atoms with Crippen molar-refractivity contribution in [1.29, 1.82) is 0 Å². The van der Waals surface area contributed by atoms with Gasteiger partial charge < -0.3 is 4.57 Å². The van der Waals surface area contributed by atoms with Crippen LogP contribution in [0.15, 0.2) is 206 Å². The predicted molar refractivity (Wildman–Crippen MR) is 261 cm³/mol. The van der Waals surface area contributed by atoms with Gasteiger partial charge in [0.15, 0.2) is 11.6 Å². The molecule has 0 saturated carbocycles. The zero-order valence-electron chi connectivity index (χ0n) is 33.7. The average molecular weight is 823 g/mol. The average Bonchev–Trinajstić information content (AvgIpc) is 4.02. The molecule has 0 aliphatic rings. The molecule has 0 spiro atoms. The first-order valence-electron chi connectivity index (χ1n) is 21.0. The van der Waals surface area contributed by atoms with Gasteiger partial charge >= 0.3 is 0 Å². The highest BCUT2D eigenvalue weighted by Crippen LogP contribution is 2.41. The van der Waals surface area contributed by atoms with Crippen LogP contribution in [0.1, 0.15) is 0 Å². The molecule has 13 rings (SSSR count). The molecule has 5 heterocycles. The minimum atomic E-state index is 0.579. The molecule has 63 heavy (non-hydrogen) atoms. The van der Waals surface area contributed by atoms with E-state index < -0.39 is 0 Å². The maximum absolute atomic E-state index is 5.13. The Bertz CT molecular complexity index is 3850. The van der Waals surface area contributed by atoms with Gasteiger partial charge in [0, 0.05) is 60.2 Å². The summed E-state index contributed by atoms with van der Waals surface area (Å²) >= 11 is 1.81. The van der Waals surface area contributed by atoms with Gasteiger partial charge in [-0.3, -0.25) is 9.55 Å². The summed E-state index contributed by atoms with van der Waals surface area (Å²) in [5, 5.41) is 5.92. The first kappa shape index (κ1) is 35.5. The van der Waals surface area contributed by atoms with E-state index in [0.29, 0.717) is 17.6 Å². The van der Waals surface area contributed by atoms with Crippen molar-refractivity contribution in [1.82, 2.24) is 29.1 Å². The SMILES string of the molecule is c1ccc(-c2nc(-c3ccccc3)nc(-n3c4ccccc4c4cc(-c5ccc6c7ccccc7n(-c7ccc(-c8ccnc9c8sc8ccccc89)cc7)c6c5)ccc43)n2)cc1. The third-order valence-electron chi connectivity index (χ3n) is 12.3. The number of rotatable bonds is 6. The summed E-state index contributed by atoms with van der Waals surface area (Å²) in [7, 11) is 0. The third kappa shape index (κ3) is 5.71. The van der Waals surface area contributed by atoms with Crippen molar-refractivity contribution >= 4 is 75.3 Å². The number of nitrogens with zero attached hydrogens (tertiary/aromatic N) is 6. The Morgan fingerprint density at radius 2 is 0.921 bits per heavy atom. The molecule has 0 N–H and O–H groups in total. The van der Waals surface area contributed by atoms with Gasteiger partial charge in [0.25, 0.3) is 0 Å². The number of fused-ring (bicyclic) bond motifs is 9. The standard InChI is InChI=1S/C56H34N6S/c1-3-13-36(14-4-1)54-58-55(37-15-5-2-6-16-37)60-56(59-54)62-48-21-11-8-18-43(48)46-33-38(26-30-49(46)62)39-25-29-44-42-17-7-10-20-47(42)61(50(44)34-39)40-27-23-35(24-28-40)41-31-32-57-52-45-19-9-12-22-51(45)63-53(41)52/h1-34H. The Morgan fingerprint density at radius 3 is 1.65 bits per heavy atom. The largest absolute Gasteiger partial charge is 0.309 e. The van der Waals surface area contributed by atoms with Gasteiger partial charge in [0.2, 0.25) is 5.95 Å². The van der Waals surface area contributed by atoms with Gasteiger partial charge in [-0.25, -0.2) is 4.98 Å². The number of thiophene rings is 1. The maximum atomic E-state index is 5.13. The topological polar surface area (TPSA) is 61.4 Å². The number of hydrogen-bond acceptors (Lipinski definition) is 5. The minimum Gasteiger partial charge on any atom is -0.309 e. The molecular weight excluding hydrogens is 789 g/mol. The summed E-state index contributed by atoms with van der Waals surface area (Å²) in [6.07, 6.45) is 1.94. The highest BCUT2D eigenvalue weighted by Gasteiger charge is 2.20. The van der Waals surface area contributed by atoms with Crippen LogP contribution in [0.5, 0.6) is 0 Å². The van der Waals surface area contributed by atoms with Crippen molar-refractivity contribution in [3.63, 3.8) is 0 Å². The van der Waals surface area contributed by atoms with Crippen LogP contribution in [0.2, 0.25) is 0 Å². The summed E-state index contributed by atoms with van der Waals surface area (Å²) in [5.41, 5.74) is 13.1. The lowest BCUT2D eigenvalue weighted by Gasteiger charge is -2.11. The quantitative estimate of drug-likeness (QED) is 0.168. The lowest BCUT2D eigenvalue weighted by molar-refractivity contribution is 0.953. The number of pyridine rings is 1. The first-order chi connectivity index (χ1) is 31.2. The van der Waals surface area contributed by atoms with E-state index in [1.54, 1.807) is 0 Å². The van der Waals surface area contributed by atoms with Crippen LogP contribution >= 0.6 is 11.3 Å². The molecule has 6 nitrogen and oxygen atoms in total. The molecule has 5 aromatic heterocycles. The van der Waals surface area contributed by atoms with Crippen LogP contribution in [-0.4, -0.2) is 29.1 Å². The van der Waals surface area contributed by atoms with Crippen molar-refractivity contribution in [2.24, 2.45) is 0 Å². The van der Waals surface area contributed by atoms with Crippen LogP contribution in [0.4, 0.5) is 0 Å². The number of aromatic nitrogens is 6. The molecule has 13 aromatic rings. The molecule has 0 atom stereocenters. The highest BCUT2D eigenvalue weighted by atomic mass is 32.1. The van der Waals surface area contributed by atoms with Gasteiger partial charge in [0.05, 0.1) is 32.3 Å². The van der Waals surface area contributed by atoms with Crippen LogP contribution in [0.3, 0.4) is 0 Å².